The maximum atomic E-state index is 6.14. The summed E-state index contributed by atoms with van der Waals surface area (Å²) in [6.07, 6.45) is 6.68. The van der Waals surface area contributed by atoms with Crippen LogP contribution in [0.1, 0.15) is 17.5 Å². The van der Waals surface area contributed by atoms with Gasteiger partial charge in [-0.2, -0.15) is 0 Å². The Hall–Kier alpha value is -2.99. The number of anilines is 1. The maximum absolute atomic E-state index is 6.14. The summed E-state index contributed by atoms with van der Waals surface area (Å²) in [6, 6.07) is 17.0. The highest BCUT2D eigenvalue weighted by molar-refractivity contribution is 6.30. The molecule has 0 radical (unpaired) electrons. The van der Waals surface area contributed by atoms with Crippen molar-refractivity contribution in [3.8, 4) is 0 Å². The van der Waals surface area contributed by atoms with E-state index in [-0.39, 0.29) is 0 Å². The van der Waals surface area contributed by atoms with Gasteiger partial charge in [0.05, 0.1) is 6.33 Å². The van der Waals surface area contributed by atoms with Crippen LogP contribution in [-0.2, 0) is 13.1 Å². The standard InChI is InChI=1S/C23H27ClN6/c1-25-23(28-21-9-11-30(16-21)22-4-2-3-20(24)13-22)27-14-18-5-7-19(8-6-18)15-29-12-10-26-17-29/h2-8,10,12-13,17,21H,9,11,14-16H2,1H3,(H2,25,27,28). The molecular formula is C23H27ClN6. The van der Waals surface area contributed by atoms with E-state index < -0.39 is 0 Å². The lowest BCUT2D eigenvalue weighted by Gasteiger charge is -2.20. The predicted molar refractivity (Wildman–Crippen MR) is 123 cm³/mol. The van der Waals surface area contributed by atoms with Crippen LogP contribution in [0.25, 0.3) is 0 Å². The van der Waals surface area contributed by atoms with Crippen LogP contribution in [0.2, 0.25) is 5.02 Å². The van der Waals surface area contributed by atoms with Crippen molar-refractivity contribution in [3.63, 3.8) is 0 Å². The highest BCUT2D eigenvalue weighted by atomic mass is 35.5. The molecule has 1 aliphatic heterocycles. The van der Waals surface area contributed by atoms with E-state index in [9.17, 15) is 0 Å². The summed E-state index contributed by atoms with van der Waals surface area (Å²) in [5.74, 6) is 0.829. The minimum Gasteiger partial charge on any atom is -0.369 e. The number of nitrogens with zero attached hydrogens (tertiary/aromatic N) is 4. The number of aromatic nitrogens is 2. The van der Waals surface area contributed by atoms with Crippen molar-refractivity contribution >= 4 is 23.2 Å². The molecule has 156 valence electrons. The molecule has 30 heavy (non-hydrogen) atoms. The summed E-state index contributed by atoms with van der Waals surface area (Å²) in [5, 5.41) is 7.75. The first-order valence-electron chi connectivity index (χ1n) is 10.2. The van der Waals surface area contributed by atoms with Crippen LogP contribution in [-0.4, -0.2) is 41.7 Å². The van der Waals surface area contributed by atoms with E-state index in [0.29, 0.717) is 6.04 Å². The Morgan fingerprint density at radius 1 is 1.20 bits per heavy atom. The van der Waals surface area contributed by atoms with Gasteiger partial charge in [-0.3, -0.25) is 4.99 Å². The van der Waals surface area contributed by atoms with Gasteiger partial charge in [-0.25, -0.2) is 4.98 Å². The summed E-state index contributed by atoms with van der Waals surface area (Å²) >= 11 is 6.14. The monoisotopic (exact) mass is 422 g/mol. The molecule has 1 unspecified atom stereocenters. The molecule has 2 N–H and O–H groups in total. The van der Waals surface area contributed by atoms with Gasteiger partial charge >= 0.3 is 0 Å². The summed E-state index contributed by atoms with van der Waals surface area (Å²) < 4.78 is 2.06. The number of halogens is 1. The van der Waals surface area contributed by atoms with Gasteiger partial charge in [0.25, 0.3) is 0 Å². The summed E-state index contributed by atoms with van der Waals surface area (Å²) in [5.41, 5.74) is 3.65. The molecule has 0 aliphatic carbocycles. The van der Waals surface area contributed by atoms with Crippen LogP contribution in [0.3, 0.4) is 0 Å². The number of hydrogen-bond acceptors (Lipinski definition) is 3. The lowest BCUT2D eigenvalue weighted by atomic mass is 10.1. The van der Waals surface area contributed by atoms with Gasteiger partial charge in [-0.15, -0.1) is 0 Å². The van der Waals surface area contributed by atoms with Crippen molar-refractivity contribution in [1.29, 1.82) is 0 Å². The van der Waals surface area contributed by atoms with Crippen molar-refractivity contribution in [2.24, 2.45) is 4.99 Å². The fourth-order valence-corrected chi connectivity index (χ4v) is 3.90. The van der Waals surface area contributed by atoms with Gasteiger partial charge in [0.2, 0.25) is 0 Å². The molecular weight excluding hydrogens is 396 g/mol. The number of rotatable bonds is 6. The molecule has 7 heteroatoms. The SMILES string of the molecule is CN=C(NCc1ccc(Cn2ccnc2)cc1)NC1CCN(c2cccc(Cl)c2)C1. The molecule has 1 aliphatic rings. The van der Waals surface area contributed by atoms with E-state index in [1.807, 2.05) is 37.8 Å². The molecule has 1 fully saturated rings. The molecule has 6 nitrogen and oxygen atoms in total. The van der Waals surface area contributed by atoms with E-state index in [1.165, 1.54) is 16.8 Å². The molecule has 2 heterocycles. The second-order valence-corrected chi connectivity index (χ2v) is 7.97. The number of hydrogen-bond donors (Lipinski definition) is 2. The summed E-state index contributed by atoms with van der Waals surface area (Å²) in [6.45, 7) is 3.51. The van der Waals surface area contributed by atoms with Gasteiger partial charge in [0, 0.05) is 62.4 Å². The van der Waals surface area contributed by atoms with E-state index in [4.69, 9.17) is 11.6 Å². The number of benzene rings is 2. The molecule has 0 spiro atoms. The highest BCUT2D eigenvalue weighted by Gasteiger charge is 2.23. The van der Waals surface area contributed by atoms with Gasteiger partial charge in [0.1, 0.15) is 0 Å². The van der Waals surface area contributed by atoms with E-state index in [0.717, 1.165) is 43.6 Å². The Balaban J connectivity index is 1.26. The Morgan fingerprint density at radius 2 is 2.03 bits per heavy atom. The largest absolute Gasteiger partial charge is 0.369 e. The Morgan fingerprint density at radius 3 is 2.77 bits per heavy atom. The maximum Gasteiger partial charge on any atom is 0.191 e. The average Bonchev–Trinajstić information content (AvgIpc) is 3.44. The number of nitrogens with one attached hydrogen (secondary N) is 2. The molecule has 3 aromatic rings. The van der Waals surface area contributed by atoms with E-state index >= 15 is 0 Å². The summed E-state index contributed by atoms with van der Waals surface area (Å²) in [7, 11) is 1.81. The molecule has 2 aromatic carbocycles. The molecule has 0 bridgehead atoms. The molecule has 4 rings (SSSR count). The lowest BCUT2D eigenvalue weighted by molar-refractivity contribution is 0.648. The topological polar surface area (TPSA) is 57.5 Å². The zero-order chi connectivity index (χ0) is 20.8. The van der Waals surface area contributed by atoms with Crippen molar-refractivity contribution in [3.05, 3.63) is 83.4 Å². The van der Waals surface area contributed by atoms with Crippen molar-refractivity contribution < 1.29 is 0 Å². The predicted octanol–water partition coefficient (Wildman–Crippen LogP) is 3.53. The minimum absolute atomic E-state index is 0.354. The molecule has 1 atom stereocenters. The number of aliphatic imine (C=N–C) groups is 1. The molecule has 0 saturated carbocycles. The first-order chi connectivity index (χ1) is 14.7. The first kappa shape index (κ1) is 20.3. The molecule has 0 amide bonds. The fourth-order valence-electron chi connectivity index (χ4n) is 3.71. The van der Waals surface area contributed by atoms with Crippen LogP contribution in [0.15, 0.2) is 72.2 Å². The Bertz CT molecular complexity index is 968. The third kappa shape index (κ3) is 5.33. The summed E-state index contributed by atoms with van der Waals surface area (Å²) in [4.78, 5) is 10.8. The van der Waals surface area contributed by atoms with Crippen molar-refractivity contribution in [2.45, 2.75) is 25.6 Å². The minimum atomic E-state index is 0.354. The molecule has 1 aromatic heterocycles. The van der Waals surface area contributed by atoms with Crippen molar-refractivity contribution in [1.82, 2.24) is 20.2 Å². The third-order valence-corrected chi connectivity index (χ3v) is 5.57. The van der Waals surface area contributed by atoms with Crippen molar-refractivity contribution in [2.75, 3.05) is 25.0 Å². The third-order valence-electron chi connectivity index (χ3n) is 5.33. The van der Waals surface area contributed by atoms with E-state index in [1.54, 1.807) is 6.20 Å². The number of guanidine groups is 1. The zero-order valence-electron chi connectivity index (χ0n) is 17.1. The second-order valence-electron chi connectivity index (χ2n) is 7.53. The average molecular weight is 423 g/mol. The van der Waals surface area contributed by atoms with Gasteiger partial charge in [-0.1, -0.05) is 41.9 Å². The van der Waals surface area contributed by atoms with Crippen LogP contribution in [0.4, 0.5) is 5.69 Å². The zero-order valence-corrected chi connectivity index (χ0v) is 17.9. The van der Waals surface area contributed by atoms with Gasteiger partial charge in [-0.05, 0) is 35.7 Å². The smallest absolute Gasteiger partial charge is 0.191 e. The van der Waals surface area contributed by atoms with Gasteiger partial charge < -0.3 is 20.1 Å². The second kappa shape index (κ2) is 9.67. The van der Waals surface area contributed by atoms with Crippen LogP contribution < -0.4 is 15.5 Å². The quantitative estimate of drug-likeness (QED) is 0.471. The fraction of sp³-hybridized carbons (Fsp3) is 0.304. The number of imidazole rings is 1. The van der Waals surface area contributed by atoms with Gasteiger partial charge in [0.15, 0.2) is 5.96 Å². The molecule has 1 saturated heterocycles. The van der Waals surface area contributed by atoms with E-state index in [2.05, 4.69) is 60.4 Å². The Labute approximate surface area is 182 Å². The highest BCUT2D eigenvalue weighted by Crippen LogP contribution is 2.23. The van der Waals surface area contributed by atoms with Crippen LogP contribution >= 0.6 is 11.6 Å². The van der Waals surface area contributed by atoms with Crippen LogP contribution in [0, 0.1) is 0 Å². The normalized spacial score (nSPS) is 16.7. The lowest BCUT2D eigenvalue weighted by Crippen LogP contribution is -2.44. The first-order valence-corrected chi connectivity index (χ1v) is 10.6. The Kier molecular flexibility index (Phi) is 6.54. The van der Waals surface area contributed by atoms with Crippen LogP contribution in [0.5, 0.6) is 0 Å².